The summed E-state index contributed by atoms with van der Waals surface area (Å²) in [4.78, 5) is 47.6. The fourth-order valence-electron chi connectivity index (χ4n) is 5.88. The Labute approximate surface area is 250 Å². The Morgan fingerprint density at radius 2 is 1.88 bits per heavy atom. The largest absolute Gasteiger partial charge is 0.507 e. The quantitative estimate of drug-likeness (QED) is 0.231. The molecule has 2 atom stereocenters. The third-order valence-corrected chi connectivity index (χ3v) is 8.45. The van der Waals surface area contributed by atoms with Crippen LogP contribution in [-0.2, 0) is 9.59 Å². The lowest BCUT2D eigenvalue weighted by Crippen LogP contribution is -2.38. The van der Waals surface area contributed by atoms with Crippen LogP contribution in [0.1, 0.15) is 49.9 Å². The number of hydrogen-bond donors (Lipinski definition) is 3. The Hall–Kier alpha value is -4.57. The molecule has 2 aliphatic heterocycles. The maximum atomic E-state index is 14.7. The van der Waals surface area contributed by atoms with Crippen molar-refractivity contribution in [1.29, 1.82) is 0 Å². The monoisotopic (exact) mass is 604 g/mol. The van der Waals surface area contributed by atoms with E-state index in [-0.39, 0.29) is 46.7 Å². The fourth-order valence-corrected chi connectivity index (χ4v) is 6.03. The van der Waals surface area contributed by atoms with Gasteiger partial charge in [-0.15, -0.1) is 0 Å². The van der Waals surface area contributed by atoms with E-state index in [9.17, 15) is 28.3 Å². The summed E-state index contributed by atoms with van der Waals surface area (Å²) in [5, 5.41) is 13.7. The molecule has 0 fully saturated rings. The van der Waals surface area contributed by atoms with Crippen LogP contribution >= 0.6 is 11.6 Å². The minimum Gasteiger partial charge on any atom is -0.507 e. The van der Waals surface area contributed by atoms with Crippen LogP contribution in [-0.4, -0.2) is 38.3 Å². The molecule has 0 saturated carbocycles. The minimum atomic E-state index is -0.900. The summed E-state index contributed by atoms with van der Waals surface area (Å²) in [5.41, 5.74) is 2.16. The van der Waals surface area contributed by atoms with E-state index < -0.39 is 29.1 Å². The molecule has 4 heterocycles. The highest BCUT2D eigenvalue weighted by atomic mass is 35.5. The van der Waals surface area contributed by atoms with Gasteiger partial charge in [0, 0.05) is 41.8 Å². The van der Waals surface area contributed by atoms with Gasteiger partial charge in [-0.2, -0.15) is 0 Å². The Kier molecular flexibility index (Phi) is 7.47. The molecule has 43 heavy (non-hydrogen) atoms. The number of anilines is 1. The first-order valence-corrected chi connectivity index (χ1v) is 14.3. The second kappa shape index (κ2) is 11.3. The maximum Gasteiger partial charge on any atom is 0.252 e. The fraction of sp³-hybridized carbons (Fsp3) is 0.250. The Morgan fingerprint density at radius 1 is 1.07 bits per heavy atom. The number of aromatic nitrogens is 2. The molecule has 2 aromatic heterocycles. The van der Waals surface area contributed by atoms with Gasteiger partial charge in [-0.05, 0) is 66.8 Å². The number of pyridine rings is 2. The van der Waals surface area contributed by atoms with Crippen molar-refractivity contribution in [2.24, 2.45) is 5.92 Å². The number of aromatic amines is 1. The van der Waals surface area contributed by atoms with Gasteiger partial charge in [0.15, 0.2) is 5.82 Å². The molecule has 2 bridgehead atoms. The summed E-state index contributed by atoms with van der Waals surface area (Å²) in [6, 6.07) is 9.74. The van der Waals surface area contributed by atoms with Gasteiger partial charge >= 0.3 is 0 Å². The predicted octanol–water partition coefficient (Wildman–Crippen LogP) is 6.34. The van der Waals surface area contributed by atoms with Gasteiger partial charge in [-0.25, -0.2) is 8.78 Å². The molecule has 6 rings (SSSR count). The van der Waals surface area contributed by atoms with Crippen molar-refractivity contribution in [2.45, 2.75) is 38.6 Å². The normalized spacial score (nSPS) is 19.3. The molecule has 2 unspecified atom stereocenters. The number of aromatic hydroxyl groups is 1. The van der Waals surface area contributed by atoms with Crippen LogP contribution in [0.15, 0.2) is 59.5 Å². The van der Waals surface area contributed by atoms with Crippen molar-refractivity contribution in [3.8, 4) is 16.9 Å². The van der Waals surface area contributed by atoms with Crippen LogP contribution in [0.25, 0.3) is 27.6 Å². The number of nitrogens with one attached hydrogen (secondary N) is 2. The Bertz CT molecular complexity index is 1890. The van der Waals surface area contributed by atoms with Gasteiger partial charge in [-0.3, -0.25) is 19.4 Å². The molecule has 0 spiro atoms. The van der Waals surface area contributed by atoms with Crippen molar-refractivity contribution in [1.82, 2.24) is 14.9 Å². The van der Waals surface area contributed by atoms with Crippen LogP contribution < -0.4 is 10.9 Å². The lowest BCUT2D eigenvalue weighted by atomic mass is 9.92. The van der Waals surface area contributed by atoms with Crippen LogP contribution in [0.3, 0.4) is 0 Å². The second-order valence-electron chi connectivity index (χ2n) is 10.9. The molecule has 2 aromatic carbocycles. The summed E-state index contributed by atoms with van der Waals surface area (Å²) in [6.45, 7) is 2.02. The number of H-pyrrole nitrogens is 1. The highest BCUT2D eigenvalue weighted by molar-refractivity contribution is 6.31. The summed E-state index contributed by atoms with van der Waals surface area (Å²) < 4.78 is 29.3. The van der Waals surface area contributed by atoms with Gasteiger partial charge in [0.2, 0.25) is 11.8 Å². The molecular weight excluding hydrogens is 578 g/mol. The second-order valence-corrected chi connectivity index (χ2v) is 11.3. The zero-order valence-electron chi connectivity index (χ0n) is 23.1. The van der Waals surface area contributed by atoms with Gasteiger partial charge in [0.1, 0.15) is 11.6 Å². The first-order chi connectivity index (χ1) is 20.6. The number of carbonyl (C=O) groups is 2. The van der Waals surface area contributed by atoms with E-state index in [0.29, 0.717) is 52.7 Å². The number of halogens is 3. The number of hydrogen-bond acceptors (Lipinski definition) is 5. The van der Waals surface area contributed by atoms with Gasteiger partial charge in [-0.1, -0.05) is 24.9 Å². The zero-order valence-corrected chi connectivity index (χ0v) is 23.8. The van der Waals surface area contributed by atoms with E-state index in [2.05, 4.69) is 15.3 Å². The average Bonchev–Trinajstić information content (AvgIpc) is 2.97. The molecular formula is C32H27ClF2N4O4. The number of carbonyl (C=O) groups excluding carboxylic acids is 2. The van der Waals surface area contributed by atoms with Crippen LogP contribution in [0, 0.1) is 17.6 Å². The molecule has 0 saturated heterocycles. The lowest BCUT2D eigenvalue weighted by molar-refractivity contribution is -0.129. The lowest BCUT2D eigenvalue weighted by Gasteiger charge is -2.34. The Balaban J connectivity index is 1.44. The van der Waals surface area contributed by atoms with Crippen molar-refractivity contribution in [3.63, 3.8) is 0 Å². The third kappa shape index (κ3) is 5.38. The van der Waals surface area contributed by atoms with Crippen molar-refractivity contribution in [2.75, 3.05) is 11.9 Å². The minimum absolute atomic E-state index is 0.200. The SMILES string of the molecule is CC1CCCC(N2CCC(c3c(F)ccc(Cl)c3F)=CC2=O)c2cc(ccn2)-c2cc3c(O)cc(=O)[nH]c3cc2NC1=O. The van der Waals surface area contributed by atoms with Crippen LogP contribution in [0.2, 0.25) is 5.02 Å². The van der Waals surface area contributed by atoms with E-state index in [4.69, 9.17) is 11.6 Å². The summed E-state index contributed by atoms with van der Waals surface area (Å²) >= 11 is 5.89. The van der Waals surface area contributed by atoms with Gasteiger partial charge < -0.3 is 20.3 Å². The number of nitrogens with zero attached hydrogens (tertiary/aromatic N) is 2. The molecule has 3 N–H and O–H groups in total. The number of amides is 2. The van der Waals surface area contributed by atoms with Crippen LogP contribution in [0.5, 0.6) is 5.75 Å². The molecule has 0 radical (unpaired) electrons. The topological polar surface area (TPSA) is 115 Å². The highest BCUT2D eigenvalue weighted by Crippen LogP contribution is 2.39. The van der Waals surface area contributed by atoms with Crippen molar-refractivity contribution < 1.29 is 23.5 Å². The molecule has 220 valence electrons. The average molecular weight is 605 g/mol. The summed E-state index contributed by atoms with van der Waals surface area (Å²) in [5.74, 6) is -2.87. The van der Waals surface area contributed by atoms with Crippen molar-refractivity contribution >= 4 is 45.6 Å². The molecule has 11 heteroatoms. The van der Waals surface area contributed by atoms with Gasteiger partial charge in [0.25, 0.3) is 5.56 Å². The Morgan fingerprint density at radius 3 is 2.67 bits per heavy atom. The summed E-state index contributed by atoms with van der Waals surface area (Å²) in [7, 11) is 0. The third-order valence-electron chi connectivity index (χ3n) is 8.16. The molecule has 2 aliphatic rings. The first kappa shape index (κ1) is 28.5. The predicted molar refractivity (Wildman–Crippen MR) is 160 cm³/mol. The standard InChI is InChI=1S/C32H27ClF2N4O4/c1-16-3-2-4-26(39-10-8-18(12-29(39)42)30-22(34)6-5-21(33)31(30)35)25-11-17(7-9-36-25)19-13-20-24(14-23(19)38-32(16)43)37-28(41)15-27(20)40/h5-7,9,11-16,26H,2-4,8,10H2,1H3,(H,38,43)(H2,37,40,41). The first-order valence-electron chi connectivity index (χ1n) is 13.9. The van der Waals surface area contributed by atoms with Crippen molar-refractivity contribution in [3.05, 3.63) is 93.0 Å². The number of rotatable bonds is 2. The van der Waals surface area contributed by atoms with Crippen LogP contribution in [0.4, 0.5) is 14.5 Å². The van der Waals surface area contributed by atoms with E-state index in [1.165, 1.54) is 6.08 Å². The van der Waals surface area contributed by atoms with E-state index in [0.717, 1.165) is 18.2 Å². The highest BCUT2D eigenvalue weighted by Gasteiger charge is 2.31. The van der Waals surface area contributed by atoms with E-state index >= 15 is 0 Å². The van der Waals surface area contributed by atoms with E-state index in [1.54, 1.807) is 29.3 Å². The van der Waals surface area contributed by atoms with Gasteiger partial charge in [0.05, 0.1) is 33.5 Å². The van der Waals surface area contributed by atoms with E-state index in [1.807, 2.05) is 13.0 Å². The summed E-state index contributed by atoms with van der Waals surface area (Å²) in [6.07, 6.45) is 4.72. The molecule has 2 amide bonds. The number of benzene rings is 2. The molecule has 4 aromatic rings. The molecule has 0 aliphatic carbocycles. The maximum absolute atomic E-state index is 14.7. The smallest absolute Gasteiger partial charge is 0.252 e. The molecule has 8 nitrogen and oxygen atoms in total. The number of fused-ring (bicyclic) bond motifs is 5. The zero-order chi connectivity index (χ0) is 30.4.